The summed E-state index contributed by atoms with van der Waals surface area (Å²) in [5, 5.41) is 23.4. The molecule has 66 heavy (non-hydrogen) atoms. The predicted molar refractivity (Wildman–Crippen MR) is 265 cm³/mol. The Hall–Kier alpha value is -9.43. The second kappa shape index (κ2) is 15.7. The molecule has 3 aromatic heterocycles. The maximum absolute atomic E-state index is 9.47. The first-order valence-electron chi connectivity index (χ1n) is 21.7. The van der Waals surface area contributed by atoms with Crippen LogP contribution in [0.3, 0.4) is 0 Å². The number of fused-ring (bicyclic) bond motifs is 6. The van der Waals surface area contributed by atoms with Gasteiger partial charge in [0.15, 0.2) is 17.5 Å². The van der Waals surface area contributed by atoms with Crippen molar-refractivity contribution < 1.29 is 0 Å². The summed E-state index contributed by atoms with van der Waals surface area (Å²) in [4.78, 5) is 15.5. The molecule has 0 amide bonds. The summed E-state index contributed by atoms with van der Waals surface area (Å²) in [6.07, 6.45) is 0. The van der Waals surface area contributed by atoms with E-state index in [4.69, 9.17) is 15.0 Å². The lowest BCUT2D eigenvalue weighted by atomic mass is 10.0. The number of nitriles is 2. The zero-order chi connectivity index (χ0) is 44.1. The van der Waals surface area contributed by atoms with E-state index < -0.39 is 0 Å². The van der Waals surface area contributed by atoms with Crippen molar-refractivity contribution in [2.75, 3.05) is 0 Å². The quantitative estimate of drug-likeness (QED) is 0.159. The minimum absolute atomic E-state index is 0.554. The Labute approximate surface area is 380 Å². The van der Waals surface area contributed by atoms with Crippen molar-refractivity contribution in [3.05, 3.63) is 223 Å². The van der Waals surface area contributed by atoms with E-state index in [0.29, 0.717) is 28.6 Å². The van der Waals surface area contributed by atoms with Gasteiger partial charge in [-0.3, -0.25) is 0 Å². The molecule has 7 nitrogen and oxygen atoms in total. The molecule has 12 rings (SSSR count). The Balaban J connectivity index is 1.13. The molecule has 0 spiro atoms. The van der Waals surface area contributed by atoms with E-state index in [1.807, 2.05) is 109 Å². The van der Waals surface area contributed by atoms with Crippen LogP contribution >= 0.6 is 0 Å². The first-order valence-corrected chi connectivity index (χ1v) is 21.7. The van der Waals surface area contributed by atoms with Gasteiger partial charge in [-0.05, 0) is 101 Å². The summed E-state index contributed by atoms with van der Waals surface area (Å²) >= 11 is 0. The smallest absolute Gasteiger partial charge is 0.164 e. The molecule has 0 aliphatic carbocycles. The molecule has 306 valence electrons. The minimum Gasteiger partial charge on any atom is -0.309 e. The summed E-state index contributed by atoms with van der Waals surface area (Å²) in [5.74, 6) is 1.73. The molecule has 0 unspecified atom stereocenters. The van der Waals surface area contributed by atoms with Gasteiger partial charge in [-0.25, -0.2) is 15.0 Å². The van der Waals surface area contributed by atoms with Crippen molar-refractivity contribution >= 4 is 43.6 Å². The molecule has 9 aromatic carbocycles. The number of hydrogen-bond donors (Lipinski definition) is 0. The van der Waals surface area contributed by atoms with Gasteiger partial charge in [0.1, 0.15) is 0 Å². The molecule has 7 heteroatoms. The summed E-state index contributed by atoms with van der Waals surface area (Å²) < 4.78 is 4.68. The van der Waals surface area contributed by atoms with Crippen LogP contribution in [0.5, 0.6) is 0 Å². The Morgan fingerprint density at radius 3 is 1.08 bits per heavy atom. The topological polar surface area (TPSA) is 96.1 Å². The fraction of sp³-hybridized carbons (Fsp3) is 0. The fourth-order valence-corrected chi connectivity index (χ4v) is 9.26. The zero-order valence-electron chi connectivity index (χ0n) is 35.3. The van der Waals surface area contributed by atoms with Crippen molar-refractivity contribution in [3.8, 4) is 79.9 Å². The van der Waals surface area contributed by atoms with Gasteiger partial charge in [0.25, 0.3) is 0 Å². The van der Waals surface area contributed by atoms with Crippen LogP contribution in [0.15, 0.2) is 212 Å². The van der Waals surface area contributed by atoms with Gasteiger partial charge in [-0.15, -0.1) is 0 Å². The second-order valence-electron chi connectivity index (χ2n) is 16.3. The number of benzene rings is 9. The van der Waals surface area contributed by atoms with Gasteiger partial charge in [0.05, 0.1) is 45.3 Å². The van der Waals surface area contributed by atoms with Crippen LogP contribution in [0.2, 0.25) is 0 Å². The number of rotatable bonds is 7. The summed E-state index contributed by atoms with van der Waals surface area (Å²) in [5.41, 5.74) is 14.3. The second-order valence-corrected chi connectivity index (χ2v) is 16.3. The van der Waals surface area contributed by atoms with Crippen molar-refractivity contribution in [1.82, 2.24) is 24.1 Å². The highest BCUT2D eigenvalue weighted by Gasteiger charge is 2.20. The third kappa shape index (κ3) is 6.55. The summed E-state index contributed by atoms with van der Waals surface area (Å²) in [7, 11) is 0. The maximum atomic E-state index is 9.47. The first kappa shape index (κ1) is 38.3. The van der Waals surface area contributed by atoms with Gasteiger partial charge in [-0.1, -0.05) is 133 Å². The Morgan fingerprint density at radius 2 is 0.652 bits per heavy atom. The highest BCUT2D eigenvalue weighted by atomic mass is 15.0. The number of hydrogen-bond acceptors (Lipinski definition) is 5. The number of para-hydroxylation sites is 2. The summed E-state index contributed by atoms with van der Waals surface area (Å²) in [6, 6.07) is 77.1. The van der Waals surface area contributed by atoms with Crippen LogP contribution in [0.1, 0.15) is 11.1 Å². The molecule has 0 atom stereocenters. The highest BCUT2D eigenvalue weighted by Crippen LogP contribution is 2.40. The molecule has 0 saturated carbocycles. The van der Waals surface area contributed by atoms with Crippen molar-refractivity contribution in [3.63, 3.8) is 0 Å². The molecule has 0 saturated heterocycles. The monoisotopic (exact) mass is 841 g/mol. The molecule has 3 heterocycles. The SMILES string of the molecule is N#Cc1ccc(-c2ccc3c(c2)c2ccccc2n3-c2cc(-c3nc(-c4ccccc4)nc(-c4ccccc4)n3)cc(-n3c4ccccc4c4cc(-c5ccc(C#N)cc5)ccc43)c2)cc1. The van der Waals surface area contributed by atoms with Crippen molar-refractivity contribution in [2.45, 2.75) is 0 Å². The molecule has 0 aliphatic heterocycles. The van der Waals surface area contributed by atoms with Crippen LogP contribution in [-0.4, -0.2) is 24.1 Å². The lowest BCUT2D eigenvalue weighted by Crippen LogP contribution is -2.03. The minimum atomic E-state index is 0.554. The zero-order valence-corrected chi connectivity index (χ0v) is 35.3. The number of aromatic nitrogens is 5. The molecule has 0 N–H and O–H groups in total. The van der Waals surface area contributed by atoms with Gasteiger partial charge in [-0.2, -0.15) is 10.5 Å². The van der Waals surface area contributed by atoms with Gasteiger partial charge < -0.3 is 9.13 Å². The molecule has 0 radical (unpaired) electrons. The maximum Gasteiger partial charge on any atom is 0.164 e. The van der Waals surface area contributed by atoms with Crippen molar-refractivity contribution in [1.29, 1.82) is 10.5 Å². The molecule has 0 aliphatic rings. The van der Waals surface area contributed by atoms with E-state index >= 15 is 0 Å². The van der Waals surface area contributed by atoms with E-state index in [0.717, 1.165) is 93.9 Å². The highest BCUT2D eigenvalue weighted by molar-refractivity contribution is 6.12. The third-order valence-electron chi connectivity index (χ3n) is 12.4. The largest absolute Gasteiger partial charge is 0.309 e. The van der Waals surface area contributed by atoms with E-state index in [2.05, 4.69) is 124 Å². The molecule has 0 bridgehead atoms. The van der Waals surface area contributed by atoms with Gasteiger partial charge >= 0.3 is 0 Å². The Kier molecular flexibility index (Phi) is 9.12. The third-order valence-corrected chi connectivity index (χ3v) is 12.4. The van der Waals surface area contributed by atoms with E-state index in [-0.39, 0.29) is 0 Å². The van der Waals surface area contributed by atoms with E-state index in [9.17, 15) is 10.5 Å². The van der Waals surface area contributed by atoms with E-state index in [1.165, 1.54) is 0 Å². The Morgan fingerprint density at radius 1 is 0.288 bits per heavy atom. The Bertz CT molecular complexity index is 3680. The van der Waals surface area contributed by atoms with Crippen LogP contribution in [0.25, 0.3) is 111 Å². The number of nitrogens with zero attached hydrogens (tertiary/aromatic N) is 7. The van der Waals surface area contributed by atoms with Crippen LogP contribution < -0.4 is 0 Å². The molecular weight excluding hydrogens is 807 g/mol. The summed E-state index contributed by atoms with van der Waals surface area (Å²) in [6.45, 7) is 0. The lowest BCUT2D eigenvalue weighted by Gasteiger charge is -2.16. The normalized spacial score (nSPS) is 11.3. The van der Waals surface area contributed by atoms with Gasteiger partial charge in [0.2, 0.25) is 0 Å². The van der Waals surface area contributed by atoms with Crippen LogP contribution in [-0.2, 0) is 0 Å². The molecule has 12 aromatic rings. The van der Waals surface area contributed by atoms with Gasteiger partial charge in [0, 0.05) is 49.6 Å². The fourth-order valence-electron chi connectivity index (χ4n) is 9.26. The standard InChI is InChI=1S/C59H35N7/c60-36-38-19-23-40(24-20-38)44-27-29-55-51(33-44)49-15-7-9-17-53(49)65(55)47-31-46(59-63-57(42-11-3-1-4-12-42)62-58(64-59)43-13-5-2-6-14-43)32-48(35-47)66-54-18-10-8-16-50(54)52-34-45(28-30-56(52)66)41-25-21-39(37-61)22-26-41/h1-35H. The van der Waals surface area contributed by atoms with Crippen LogP contribution in [0, 0.1) is 22.7 Å². The first-order chi connectivity index (χ1) is 32.6. The van der Waals surface area contributed by atoms with Crippen LogP contribution in [0.4, 0.5) is 0 Å². The lowest BCUT2D eigenvalue weighted by molar-refractivity contribution is 1.07. The average Bonchev–Trinajstić information content (AvgIpc) is 3.91. The average molecular weight is 842 g/mol. The van der Waals surface area contributed by atoms with E-state index in [1.54, 1.807) is 0 Å². The molecule has 0 fully saturated rings. The van der Waals surface area contributed by atoms with Crippen molar-refractivity contribution in [2.24, 2.45) is 0 Å². The molecular formula is C59H35N7. The predicted octanol–water partition coefficient (Wildman–Crippen LogP) is 14.1.